The van der Waals surface area contributed by atoms with Gasteiger partial charge in [-0.15, -0.1) is 0 Å². The van der Waals surface area contributed by atoms with Gasteiger partial charge in [-0.2, -0.15) is 0 Å². The van der Waals surface area contributed by atoms with Crippen LogP contribution in [0.25, 0.3) is 0 Å². The van der Waals surface area contributed by atoms with Crippen LogP contribution in [-0.4, -0.2) is 43.4 Å². The van der Waals surface area contributed by atoms with Crippen LogP contribution in [0.3, 0.4) is 0 Å². The third-order valence-electron chi connectivity index (χ3n) is 6.64. The molecule has 3 aromatic carbocycles. The Hall–Kier alpha value is -3.65. The Morgan fingerprint density at radius 2 is 1.54 bits per heavy atom. The molecule has 8 heteroatoms. The van der Waals surface area contributed by atoms with Gasteiger partial charge in [-0.25, -0.2) is 8.42 Å². The van der Waals surface area contributed by atoms with Crippen LogP contribution in [0.5, 0.6) is 0 Å². The quantitative estimate of drug-likeness (QED) is 0.532. The molecule has 0 aliphatic carbocycles. The Kier molecular flexibility index (Phi) is 6.67. The third kappa shape index (κ3) is 4.93. The van der Waals surface area contributed by atoms with Crippen molar-refractivity contribution in [2.75, 3.05) is 17.8 Å². The molecule has 0 atom stereocenters. The number of sulfonamides is 1. The molecule has 0 spiro atoms. The standard InChI is InChI=1S/C27H28N2O5S/c1-19-8-13-24(20(2)18-19)35(33,34)28-23-11-9-21(10-12-23)25(30)29-16-14-27(15-17-29,26(31)32)22-6-4-3-5-7-22/h3-13,18,28H,14-17H2,1-2H3,(H,31,32). The van der Waals surface area contributed by atoms with Crippen LogP contribution in [0.15, 0.2) is 77.7 Å². The lowest BCUT2D eigenvalue weighted by Crippen LogP contribution is -2.49. The van der Waals surface area contributed by atoms with E-state index in [0.717, 1.165) is 11.1 Å². The Bertz CT molecular complexity index is 1340. The smallest absolute Gasteiger partial charge is 0.314 e. The van der Waals surface area contributed by atoms with Crippen molar-refractivity contribution >= 4 is 27.6 Å². The fourth-order valence-corrected chi connectivity index (χ4v) is 5.94. The van der Waals surface area contributed by atoms with Crippen LogP contribution in [0.1, 0.15) is 39.9 Å². The summed E-state index contributed by atoms with van der Waals surface area (Å²) in [6.07, 6.45) is 0.651. The number of benzene rings is 3. The summed E-state index contributed by atoms with van der Waals surface area (Å²) in [4.78, 5) is 27.1. The van der Waals surface area contributed by atoms with Gasteiger partial charge >= 0.3 is 5.97 Å². The van der Waals surface area contributed by atoms with E-state index in [-0.39, 0.29) is 10.8 Å². The Morgan fingerprint density at radius 3 is 2.11 bits per heavy atom. The van der Waals surface area contributed by atoms with Gasteiger partial charge in [0, 0.05) is 24.3 Å². The number of carboxylic acid groups (broad SMARTS) is 1. The molecule has 1 heterocycles. The van der Waals surface area contributed by atoms with Crippen molar-refractivity contribution in [2.24, 2.45) is 0 Å². The maximum absolute atomic E-state index is 13.1. The lowest BCUT2D eigenvalue weighted by atomic mass is 9.73. The molecular formula is C27H28N2O5S. The van der Waals surface area contributed by atoms with Crippen molar-refractivity contribution < 1.29 is 23.1 Å². The average molecular weight is 493 g/mol. The van der Waals surface area contributed by atoms with Gasteiger partial charge in [-0.1, -0.05) is 48.0 Å². The number of carbonyl (C=O) groups excluding carboxylic acids is 1. The topological polar surface area (TPSA) is 104 Å². The molecule has 1 saturated heterocycles. The van der Waals surface area contributed by atoms with E-state index in [0.29, 0.717) is 42.7 Å². The monoisotopic (exact) mass is 492 g/mol. The number of nitrogens with zero attached hydrogens (tertiary/aromatic N) is 1. The second kappa shape index (κ2) is 9.54. The first kappa shape index (κ1) is 24.5. The normalized spacial score (nSPS) is 15.4. The van der Waals surface area contributed by atoms with Gasteiger partial charge in [0.25, 0.3) is 15.9 Å². The van der Waals surface area contributed by atoms with Crippen LogP contribution in [0.4, 0.5) is 5.69 Å². The molecule has 0 saturated carbocycles. The molecule has 0 unspecified atom stereocenters. The maximum atomic E-state index is 13.1. The van der Waals surface area contributed by atoms with Crippen LogP contribution in [-0.2, 0) is 20.2 Å². The van der Waals surface area contributed by atoms with Crippen molar-refractivity contribution in [3.05, 3.63) is 95.1 Å². The van der Waals surface area contributed by atoms with E-state index < -0.39 is 21.4 Å². The lowest BCUT2D eigenvalue weighted by molar-refractivity contribution is -0.145. The zero-order valence-corrected chi connectivity index (χ0v) is 20.5. The van der Waals surface area contributed by atoms with Crippen molar-refractivity contribution in [1.82, 2.24) is 4.90 Å². The summed E-state index contributed by atoms with van der Waals surface area (Å²) in [5, 5.41) is 9.96. The summed E-state index contributed by atoms with van der Waals surface area (Å²) in [5.41, 5.74) is 2.15. The molecule has 1 aliphatic heterocycles. The summed E-state index contributed by atoms with van der Waals surface area (Å²) in [6, 6.07) is 20.6. The van der Waals surface area contributed by atoms with E-state index in [1.54, 1.807) is 48.2 Å². The summed E-state index contributed by atoms with van der Waals surface area (Å²) in [7, 11) is -3.76. The number of likely N-dealkylation sites (tertiary alicyclic amines) is 1. The summed E-state index contributed by atoms with van der Waals surface area (Å²) in [6.45, 7) is 4.29. The van der Waals surface area contributed by atoms with Gasteiger partial charge in [-0.05, 0) is 68.1 Å². The molecule has 182 valence electrons. The number of rotatable bonds is 6. The molecule has 1 fully saturated rings. The minimum Gasteiger partial charge on any atom is -0.481 e. The van der Waals surface area contributed by atoms with Gasteiger partial charge in [0.2, 0.25) is 0 Å². The number of aryl methyl sites for hydroxylation is 2. The first-order chi connectivity index (χ1) is 16.6. The molecule has 0 radical (unpaired) electrons. The van der Waals surface area contributed by atoms with Crippen LogP contribution in [0, 0.1) is 13.8 Å². The molecule has 3 aromatic rings. The molecule has 0 bridgehead atoms. The van der Waals surface area contributed by atoms with Gasteiger partial charge in [0.15, 0.2) is 0 Å². The summed E-state index contributed by atoms with van der Waals surface area (Å²) in [5.74, 6) is -1.09. The van der Waals surface area contributed by atoms with E-state index in [9.17, 15) is 23.1 Å². The Labute approximate surface area is 205 Å². The minimum atomic E-state index is -3.76. The number of piperidine rings is 1. The third-order valence-corrected chi connectivity index (χ3v) is 8.19. The molecule has 1 amide bonds. The molecule has 4 rings (SSSR count). The first-order valence-corrected chi connectivity index (χ1v) is 12.9. The highest BCUT2D eigenvalue weighted by atomic mass is 32.2. The summed E-state index contributed by atoms with van der Waals surface area (Å²) >= 11 is 0. The fraction of sp³-hybridized carbons (Fsp3) is 0.259. The van der Waals surface area contributed by atoms with Crippen molar-refractivity contribution in [3.63, 3.8) is 0 Å². The first-order valence-electron chi connectivity index (χ1n) is 11.4. The highest BCUT2D eigenvalue weighted by Crippen LogP contribution is 2.36. The highest BCUT2D eigenvalue weighted by molar-refractivity contribution is 7.92. The SMILES string of the molecule is Cc1ccc(S(=O)(=O)Nc2ccc(C(=O)N3CCC(C(=O)O)(c4ccccc4)CC3)cc2)c(C)c1. The second-order valence-corrected chi connectivity index (χ2v) is 10.6. The summed E-state index contributed by atoms with van der Waals surface area (Å²) < 4.78 is 28.2. The lowest BCUT2D eigenvalue weighted by Gasteiger charge is -2.39. The van der Waals surface area contributed by atoms with Crippen molar-refractivity contribution in [2.45, 2.75) is 37.0 Å². The predicted molar refractivity (Wildman–Crippen MR) is 134 cm³/mol. The van der Waals surface area contributed by atoms with Crippen LogP contribution >= 0.6 is 0 Å². The minimum absolute atomic E-state index is 0.205. The molecule has 1 aliphatic rings. The van der Waals surface area contributed by atoms with E-state index >= 15 is 0 Å². The van der Waals surface area contributed by atoms with Crippen molar-refractivity contribution in [3.8, 4) is 0 Å². The molecule has 35 heavy (non-hydrogen) atoms. The van der Waals surface area contributed by atoms with Gasteiger partial charge in [0.05, 0.1) is 10.3 Å². The maximum Gasteiger partial charge on any atom is 0.314 e. The van der Waals surface area contributed by atoms with Crippen LogP contribution in [0.2, 0.25) is 0 Å². The zero-order valence-electron chi connectivity index (χ0n) is 19.7. The molecular weight excluding hydrogens is 464 g/mol. The Morgan fingerprint density at radius 1 is 0.914 bits per heavy atom. The molecule has 2 N–H and O–H groups in total. The molecule has 7 nitrogen and oxygen atoms in total. The fourth-order valence-electron chi connectivity index (χ4n) is 4.65. The number of hydrogen-bond donors (Lipinski definition) is 2. The Balaban J connectivity index is 1.45. The van der Waals surface area contributed by atoms with E-state index in [1.165, 1.54) is 0 Å². The van der Waals surface area contributed by atoms with E-state index in [1.807, 2.05) is 43.3 Å². The number of carboxylic acids is 1. The van der Waals surface area contributed by atoms with E-state index in [4.69, 9.17) is 0 Å². The second-order valence-electron chi connectivity index (χ2n) is 9.00. The highest BCUT2D eigenvalue weighted by Gasteiger charge is 2.43. The number of carbonyl (C=O) groups is 2. The molecule has 0 aromatic heterocycles. The number of aliphatic carboxylic acids is 1. The van der Waals surface area contributed by atoms with Gasteiger partial charge < -0.3 is 10.0 Å². The van der Waals surface area contributed by atoms with Gasteiger partial charge in [0.1, 0.15) is 0 Å². The van der Waals surface area contributed by atoms with E-state index in [2.05, 4.69) is 4.72 Å². The average Bonchev–Trinajstić information content (AvgIpc) is 2.84. The van der Waals surface area contributed by atoms with Gasteiger partial charge in [-0.3, -0.25) is 14.3 Å². The van der Waals surface area contributed by atoms with Crippen molar-refractivity contribution in [1.29, 1.82) is 0 Å². The number of amides is 1. The predicted octanol–water partition coefficient (Wildman–Crippen LogP) is 4.36. The van der Waals surface area contributed by atoms with Crippen LogP contribution < -0.4 is 4.72 Å². The largest absolute Gasteiger partial charge is 0.481 e. The zero-order chi connectivity index (χ0) is 25.2. The number of hydrogen-bond acceptors (Lipinski definition) is 4. The number of anilines is 1. The number of nitrogens with one attached hydrogen (secondary N) is 1.